The molecular weight excluding hydrogens is 286 g/mol. The van der Waals surface area contributed by atoms with Crippen molar-refractivity contribution in [2.24, 2.45) is 5.92 Å². The average Bonchev–Trinajstić information content (AvgIpc) is 3.07. The molecule has 1 fully saturated rings. The summed E-state index contributed by atoms with van der Waals surface area (Å²) in [5.74, 6) is 1.66. The number of nitrogens with zero attached hydrogens (tertiary/aromatic N) is 1. The predicted octanol–water partition coefficient (Wildman–Crippen LogP) is 4.85. The third kappa shape index (κ3) is 3.59. The van der Waals surface area contributed by atoms with Crippen LogP contribution in [0, 0.1) is 12.8 Å². The van der Waals surface area contributed by atoms with Crippen LogP contribution in [0.4, 0.5) is 0 Å². The van der Waals surface area contributed by atoms with Gasteiger partial charge in [0.05, 0.1) is 0 Å². The van der Waals surface area contributed by atoms with Crippen LogP contribution in [0.2, 0.25) is 0 Å². The Balaban J connectivity index is 2.07. The van der Waals surface area contributed by atoms with E-state index in [0.29, 0.717) is 5.91 Å². The molecule has 0 spiro atoms. The molecule has 0 aliphatic carbocycles. The third-order valence-corrected chi connectivity index (χ3v) is 6.37. The number of hydrogen-bond donors (Lipinski definition) is 0. The van der Waals surface area contributed by atoms with E-state index in [0.717, 1.165) is 31.6 Å². The normalized spacial score (nSPS) is 20.4. The Morgan fingerprint density at radius 3 is 2.85 bits per heavy atom. The predicted molar refractivity (Wildman–Crippen MR) is 89.3 cm³/mol. The van der Waals surface area contributed by atoms with Crippen LogP contribution in [0.5, 0.6) is 0 Å². The first-order valence-electron chi connectivity index (χ1n) is 7.65. The van der Waals surface area contributed by atoms with Crippen LogP contribution < -0.4 is 0 Å². The molecule has 4 heteroatoms. The van der Waals surface area contributed by atoms with Gasteiger partial charge in [0.2, 0.25) is 5.91 Å². The zero-order valence-corrected chi connectivity index (χ0v) is 14.4. The molecular formula is C16H25NOS2. The first kappa shape index (κ1) is 15.9. The van der Waals surface area contributed by atoms with Crippen molar-refractivity contribution in [2.45, 2.75) is 51.8 Å². The molecule has 0 saturated carbocycles. The first-order valence-corrected chi connectivity index (χ1v) is 9.52. The summed E-state index contributed by atoms with van der Waals surface area (Å²) < 4.78 is 0. The van der Waals surface area contributed by atoms with Gasteiger partial charge < -0.3 is 4.90 Å². The highest BCUT2D eigenvalue weighted by Gasteiger charge is 2.34. The molecule has 1 amide bonds. The van der Waals surface area contributed by atoms with Crippen molar-refractivity contribution < 1.29 is 4.79 Å². The number of hydrogen-bond acceptors (Lipinski definition) is 3. The molecule has 2 heterocycles. The summed E-state index contributed by atoms with van der Waals surface area (Å²) in [6, 6.07) is 4.35. The number of carbonyl (C=O) groups is 1. The lowest BCUT2D eigenvalue weighted by atomic mass is 9.97. The van der Waals surface area contributed by atoms with Crippen molar-refractivity contribution in [1.82, 2.24) is 4.90 Å². The maximum atomic E-state index is 12.8. The molecule has 2 nitrogen and oxygen atoms in total. The third-order valence-electron chi connectivity index (χ3n) is 3.93. The second kappa shape index (κ2) is 7.51. The Kier molecular flexibility index (Phi) is 5.97. The van der Waals surface area contributed by atoms with E-state index in [-0.39, 0.29) is 11.3 Å². The van der Waals surface area contributed by atoms with Gasteiger partial charge in [-0.05, 0) is 31.9 Å². The van der Waals surface area contributed by atoms with Gasteiger partial charge in [0.15, 0.2) is 0 Å². The van der Waals surface area contributed by atoms with E-state index in [1.165, 1.54) is 16.2 Å². The average molecular weight is 312 g/mol. The van der Waals surface area contributed by atoms with Gasteiger partial charge in [-0.25, -0.2) is 0 Å². The van der Waals surface area contributed by atoms with Crippen LogP contribution in [0.1, 0.15) is 54.7 Å². The van der Waals surface area contributed by atoms with Crippen molar-refractivity contribution in [3.63, 3.8) is 0 Å². The standard InChI is InChI=1S/C16H25NOS2/c1-4-6-7-13(5-2)15(18)17-10-11-19-16(17)14-9-8-12(3)20-14/h8-9,13,16H,4-7,10-11H2,1-3H3/t13-,16-/m0/s1. The van der Waals surface area contributed by atoms with E-state index in [9.17, 15) is 4.79 Å². The Morgan fingerprint density at radius 2 is 2.25 bits per heavy atom. The van der Waals surface area contributed by atoms with Gasteiger partial charge in [-0.3, -0.25) is 4.79 Å². The van der Waals surface area contributed by atoms with Gasteiger partial charge in [-0.2, -0.15) is 0 Å². The van der Waals surface area contributed by atoms with Crippen molar-refractivity contribution in [3.8, 4) is 0 Å². The van der Waals surface area contributed by atoms with Crippen molar-refractivity contribution in [3.05, 3.63) is 21.9 Å². The number of aryl methyl sites for hydroxylation is 1. The fraction of sp³-hybridized carbons (Fsp3) is 0.688. The summed E-state index contributed by atoms with van der Waals surface area (Å²) in [5.41, 5.74) is 0. The van der Waals surface area contributed by atoms with E-state index in [2.05, 4.69) is 37.8 Å². The van der Waals surface area contributed by atoms with Gasteiger partial charge in [-0.1, -0.05) is 26.7 Å². The molecule has 2 atom stereocenters. The second-order valence-electron chi connectivity index (χ2n) is 5.45. The quantitative estimate of drug-likeness (QED) is 0.748. The molecule has 0 bridgehead atoms. The maximum Gasteiger partial charge on any atom is 0.226 e. The van der Waals surface area contributed by atoms with Crippen molar-refractivity contribution >= 4 is 29.0 Å². The molecule has 2 rings (SSSR count). The molecule has 0 N–H and O–H groups in total. The molecule has 1 aromatic heterocycles. The molecule has 0 radical (unpaired) electrons. The number of thiophene rings is 1. The van der Waals surface area contributed by atoms with E-state index < -0.39 is 0 Å². The van der Waals surface area contributed by atoms with E-state index in [1.807, 2.05) is 23.1 Å². The molecule has 1 aliphatic heterocycles. The summed E-state index contributed by atoms with van der Waals surface area (Å²) in [6.07, 6.45) is 4.35. The summed E-state index contributed by atoms with van der Waals surface area (Å²) in [5, 5.41) is 0.261. The lowest BCUT2D eigenvalue weighted by Crippen LogP contribution is -2.35. The largest absolute Gasteiger partial charge is 0.325 e. The molecule has 0 unspecified atom stereocenters. The molecule has 20 heavy (non-hydrogen) atoms. The Hall–Kier alpha value is -0.480. The number of thioether (sulfide) groups is 1. The Bertz CT molecular complexity index is 443. The molecule has 112 valence electrons. The second-order valence-corrected chi connectivity index (χ2v) is 7.96. The van der Waals surface area contributed by atoms with Crippen LogP contribution in [-0.4, -0.2) is 23.1 Å². The summed E-state index contributed by atoms with van der Waals surface area (Å²) in [7, 11) is 0. The lowest BCUT2D eigenvalue weighted by Gasteiger charge is -2.27. The number of amides is 1. The molecule has 1 aliphatic rings. The molecule has 0 aromatic carbocycles. The van der Waals surface area contributed by atoms with Crippen LogP contribution in [-0.2, 0) is 4.79 Å². The van der Waals surface area contributed by atoms with Crippen LogP contribution in [0.25, 0.3) is 0 Å². The van der Waals surface area contributed by atoms with E-state index in [1.54, 1.807) is 0 Å². The number of carbonyl (C=O) groups excluding carboxylic acids is 1. The lowest BCUT2D eigenvalue weighted by molar-refractivity contribution is -0.136. The summed E-state index contributed by atoms with van der Waals surface area (Å²) in [4.78, 5) is 17.6. The number of unbranched alkanes of at least 4 members (excludes halogenated alkanes) is 1. The zero-order valence-electron chi connectivity index (χ0n) is 12.7. The molecule has 1 aromatic rings. The fourth-order valence-electron chi connectivity index (χ4n) is 2.70. The minimum absolute atomic E-state index is 0.220. The fourth-order valence-corrected chi connectivity index (χ4v) is 5.08. The Morgan fingerprint density at radius 1 is 1.45 bits per heavy atom. The maximum absolute atomic E-state index is 12.8. The monoisotopic (exact) mass is 311 g/mol. The van der Waals surface area contributed by atoms with Crippen LogP contribution in [0.15, 0.2) is 12.1 Å². The van der Waals surface area contributed by atoms with Crippen molar-refractivity contribution in [1.29, 1.82) is 0 Å². The zero-order chi connectivity index (χ0) is 14.5. The van der Waals surface area contributed by atoms with Gasteiger partial charge in [0.1, 0.15) is 5.37 Å². The highest BCUT2D eigenvalue weighted by atomic mass is 32.2. The van der Waals surface area contributed by atoms with E-state index in [4.69, 9.17) is 0 Å². The number of rotatable bonds is 6. The minimum atomic E-state index is 0.220. The SMILES string of the molecule is CCCC[C@H](CC)C(=O)N1CCS[C@H]1c1ccc(C)s1. The van der Waals surface area contributed by atoms with Crippen LogP contribution in [0.3, 0.4) is 0 Å². The highest BCUT2D eigenvalue weighted by molar-refractivity contribution is 7.99. The van der Waals surface area contributed by atoms with Gasteiger partial charge in [0.25, 0.3) is 0 Å². The van der Waals surface area contributed by atoms with Gasteiger partial charge >= 0.3 is 0 Å². The molecule has 1 saturated heterocycles. The summed E-state index contributed by atoms with van der Waals surface area (Å²) >= 11 is 3.74. The highest BCUT2D eigenvalue weighted by Crippen LogP contribution is 2.42. The van der Waals surface area contributed by atoms with Crippen molar-refractivity contribution in [2.75, 3.05) is 12.3 Å². The van der Waals surface area contributed by atoms with Gasteiger partial charge in [0, 0.05) is 28.0 Å². The first-order chi connectivity index (χ1) is 9.67. The topological polar surface area (TPSA) is 20.3 Å². The minimum Gasteiger partial charge on any atom is -0.325 e. The Labute approximate surface area is 130 Å². The van der Waals surface area contributed by atoms with E-state index >= 15 is 0 Å². The smallest absolute Gasteiger partial charge is 0.226 e. The summed E-state index contributed by atoms with van der Waals surface area (Å²) in [6.45, 7) is 7.38. The van der Waals surface area contributed by atoms with Crippen LogP contribution >= 0.6 is 23.1 Å². The van der Waals surface area contributed by atoms with Gasteiger partial charge in [-0.15, -0.1) is 23.1 Å².